The fourth-order valence-electron chi connectivity index (χ4n) is 3.09. The molecule has 9 heteroatoms. The molecule has 0 bridgehead atoms. The second-order valence-electron chi connectivity index (χ2n) is 6.55. The first-order valence-corrected chi connectivity index (χ1v) is 8.69. The quantitative estimate of drug-likeness (QED) is 0.698. The van der Waals surface area contributed by atoms with Crippen molar-refractivity contribution >= 4 is 23.5 Å². The molecule has 1 amide bonds. The molecule has 0 saturated carbocycles. The van der Waals surface area contributed by atoms with Crippen LogP contribution in [0.1, 0.15) is 23.0 Å². The van der Waals surface area contributed by atoms with Gasteiger partial charge in [0.1, 0.15) is 23.4 Å². The molecule has 0 unspecified atom stereocenters. The number of pyridine rings is 2. The summed E-state index contributed by atoms with van der Waals surface area (Å²) in [5, 5.41) is 16.5. The molecule has 1 aliphatic rings. The van der Waals surface area contributed by atoms with Crippen molar-refractivity contribution < 1.29 is 14.7 Å². The predicted octanol–water partition coefficient (Wildman–Crippen LogP) is 2.05. The molecule has 0 aromatic carbocycles. The molecule has 0 saturated heterocycles. The number of hydrogen-bond acceptors (Lipinski definition) is 6. The van der Waals surface area contributed by atoms with Crippen molar-refractivity contribution in [3.05, 3.63) is 54.0 Å². The number of aryl methyl sites for hydroxylation is 1. The molecule has 1 aliphatic heterocycles. The number of nitrogens with one attached hydrogen (secondary N) is 1. The van der Waals surface area contributed by atoms with Crippen LogP contribution >= 0.6 is 0 Å². The highest BCUT2D eigenvalue weighted by molar-refractivity contribution is 5.99. The van der Waals surface area contributed by atoms with Crippen LogP contribution in [0.25, 0.3) is 11.3 Å². The summed E-state index contributed by atoms with van der Waals surface area (Å²) in [4.78, 5) is 33.9. The summed E-state index contributed by atoms with van der Waals surface area (Å²) in [6.45, 7) is 1.74. The Morgan fingerprint density at radius 2 is 2.07 bits per heavy atom. The van der Waals surface area contributed by atoms with Crippen molar-refractivity contribution in [2.75, 3.05) is 5.32 Å². The van der Waals surface area contributed by atoms with Gasteiger partial charge < -0.3 is 15.3 Å². The zero-order valence-corrected chi connectivity index (χ0v) is 15.3. The third-order valence-electron chi connectivity index (χ3n) is 4.74. The number of anilines is 2. The topological polar surface area (TPSA) is 113 Å². The summed E-state index contributed by atoms with van der Waals surface area (Å²) < 4.78 is 1.69. The summed E-state index contributed by atoms with van der Waals surface area (Å²) in [7, 11) is 1.82. The van der Waals surface area contributed by atoms with E-state index in [0.29, 0.717) is 17.2 Å². The molecule has 0 spiro atoms. The molecule has 3 aromatic heterocycles. The van der Waals surface area contributed by atoms with Crippen LogP contribution in [-0.2, 0) is 18.4 Å². The lowest BCUT2D eigenvalue weighted by Crippen LogP contribution is -2.39. The highest BCUT2D eigenvalue weighted by atomic mass is 16.4. The third kappa shape index (κ3) is 3.07. The Morgan fingerprint density at radius 3 is 2.79 bits per heavy atom. The number of amides is 1. The maximum absolute atomic E-state index is 12.6. The van der Waals surface area contributed by atoms with E-state index in [0.717, 1.165) is 16.9 Å². The van der Waals surface area contributed by atoms with E-state index >= 15 is 0 Å². The number of nitrogens with zero attached hydrogens (tertiary/aromatic N) is 5. The van der Waals surface area contributed by atoms with Crippen molar-refractivity contribution in [3.8, 4) is 11.3 Å². The summed E-state index contributed by atoms with van der Waals surface area (Å²) in [6.07, 6.45) is 3.34. The maximum Gasteiger partial charge on any atom is 0.326 e. The number of carboxylic acids is 1. The second-order valence-corrected chi connectivity index (χ2v) is 6.55. The molecular formula is C19H18N6O3. The van der Waals surface area contributed by atoms with Gasteiger partial charge in [-0.05, 0) is 25.1 Å². The van der Waals surface area contributed by atoms with Crippen molar-refractivity contribution in [2.24, 2.45) is 7.05 Å². The molecule has 2 N–H and O–H groups in total. The van der Waals surface area contributed by atoms with Gasteiger partial charge in [0.05, 0.1) is 11.9 Å². The van der Waals surface area contributed by atoms with Gasteiger partial charge in [0, 0.05) is 37.0 Å². The zero-order chi connectivity index (χ0) is 19.8. The molecule has 0 fully saturated rings. The monoisotopic (exact) mass is 378 g/mol. The first-order chi connectivity index (χ1) is 13.4. The molecule has 9 nitrogen and oxygen atoms in total. The van der Waals surface area contributed by atoms with Gasteiger partial charge >= 0.3 is 5.97 Å². The molecule has 0 radical (unpaired) electrons. The second kappa shape index (κ2) is 6.76. The highest BCUT2D eigenvalue weighted by Crippen LogP contribution is 2.28. The van der Waals surface area contributed by atoms with Crippen LogP contribution in [0, 0.1) is 0 Å². The lowest BCUT2D eigenvalue weighted by atomic mass is 10.1. The van der Waals surface area contributed by atoms with E-state index in [1.165, 1.54) is 11.8 Å². The third-order valence-corrected chi connectivity index (χ3v) is 4.74. The van der Waals surface area contributed by atoms with Crippen molar-refractivity contribution in [1.82, 2.24) is 24.6 Å². The van der Waals surface area contributed by atoms with Gasteiger partial charge in [0.15, 0.2) is 0 Å². The lowest BCUT2D eigenvalue weighted by Gasteiger charge is -2.19. The first-order valence-electron chi connectivity index (χ1n) is 8.69. The fraction of sp³-hybridized carbons (Fsp3) is 0.211. The molecule has 142 valence electrons. The van der Waals surface area contributed by atoms with Crippen LogP contribution < -0.4 is 5.32 Å². The number of carbonyl (C=O) groups excluding carboxylic acids is 1. The number of carboxylic acid groups (broad SMARTS) is 1. The largest absolute Gasteiger partial charge is 0.480 e. The van der Waals surface area contributed by atoms with Gasteiger partial charge in [-0.1, -0.05) is 6.07 Å². The summed E-state index contributed by atoms with van der Waals surface area (Å²) in [6, 6.07) is 8.21. The van der Waals surface area contributed by atoms with Gasteiger partial charge in [-0.25, -0.2) is 14.8 Å². The van der Waals surface area contributed by atoms with Crippen molar-refractivity contribution in [2.45, 2.75) is 19.5 Å². The van der Waals surface area contributed by atoms with Crippen molar-refractivity contribution in [1.29, 1.82) is 0 Å². The predicted molar refractivity (Wildman–Crippen MR) is 101 cm³/mol. The smallest absolute Gasteiger partial charge is 0.326 e. The number of aromatic nitrogens is 4. The molecule has 4 rings (SSSR count). The van der Waals surface area contributed by atoms with Crippen LogP contribution in [0.15, 0.2) is 42.7 Å². The molecule has 0 aliphatic carbocycles. The van der Waals surface area contributed by atoms with E-state index in [1.807, 2.05) is 31.3 Å². The van der Waals surface area contributed by atoms with Gasteiger partial charge in [-0.3, -0.25) is 9.48 Å². The van der Waals surface area contributed by atoms with Gasteiger partial charge in [-0.15, -0.1) is 0 Å². The Kier molecular flexibility index (Phi) is 4.26. The molecule has 28 heavy (non-hydrogen) atoms. The normalized spacial score (nSPS) is 14.1. The average molecular weight is 378 g/mol. The highest BCUT2D eigenvalue weighted by Gasteiger charge is 2.35. The minimum absolute atomic E-state index is 0.249. The Bertz CT molecular complexity index is 1080. The van der Waals surface area contributed by atoms with Gasteiger partial charge in [0.25, 0.3) is 5.91 Å². The van der Waals surface area contributed by atoms with E-state index < -0.39 is 12.0 Å². The average Bonchev–Trinajstić information content (AvgIpc) is 3.24. The molecule has 3 aromatic rings. The lowest BCUT2D eigenvalue weighted by molar-refractivity contribution is -0.141. The minimum atomic E-state index is -1.04. The van der Waals surface area contributed by atoms with Crippen LogP contribution in [0.4, 0.5) is 11.6 Å². The molecule has 4 heterocycles. The van der Waals surface area contributed by atoms with Crippen molar-refractivity contribution in [3.63, 3.8) is 0 Å². The van der Waals surface area contributed by atoms with E-state index in [9.17, 15) is 14.7 Å². The maximum atomic E-state index is 12.6. The summed E-state index contributed by atoms with van der Waals surface area (Å²) in [5.74, 6) is 0.00586. The Morgan fingerprint density at radius 1 is 1.25 bits per heavy atom. The van der Waals surface area contributed by atoms with Gasteiger partial charge in [0.2, 0.25) is 0 Å². The van der Waals surface area contributed by atoms with Crippen LogP contribution in [0.3, 0.4) is 0 Å². The van der Waals surface area contributed by atoms with E-state index in [4.69, 9.17) is 0 Å². The minimum Gasteiger partial charge on any atom is -0.480 e. The number of hydrogen-bond donors (Lipinski definition) is 2. The van der Waals surface area contributed by atoms with Gasteiger partial charge in [-0.2, -0.15) is 5.10 Å². The fourth-order valence-corrected chi connectivity index (χ4v) is 3.09. The van der Waals surface area contributed by atoms with Crippen LogP contribution in [0.5, 0.6) is 0 Å². The Hall–Kier alpha value is -3.75. The van der Waals surface area contributed by atoms with Crippen LogP contribution in [-0.4, -0.2) is 47.7 Å². The Labute approximate surface area is 160 Å². The van der Waals surface area contributed by atoms with E-state index in [-0.39, 0.29) is 12.5 Å². The Balaban J connectivity index is 1.62. The number of aliphatic carboxylic acids is 1. The van der Waals surface area contributed by atoms with E-state index in [1.54, 1.807) is 23.1 Å². The van der Waals surface area contributed by atoms with Crippen LogP contribution in [0.2, 0.25) is 0 Å². The number of fused-ring (bicyclic) bond motifs is 1. The summed E-state index contributed by atoms with van der Waals surface area (Å²) in [5.41, 5.74) is 2.43. The summed E-state index contributed by atoms with van der Waals surface area (Å²) >= 11 is 0. The standard InChI is InChI=1S/C19H18N6O3/c1-11(19(27)28)25-10-13-3-4-14(22-17(13)18(25)26)12-5-7-20-15(9-12)23-16-6-8-21-24(16)2/h3-9,11H,10H2,1-2H3,(H,20,23)(H,27,28)/t11-/m1/s1. The molecule has 1 atom stereocenters. The molecular weight excluding hydrogens is 360 g/mol. The zero-order valence-electron chi connectivity index (χ0n) is 15.3. The SMILES string of the molecule is C[C@H](C(=O)O)N1Cc2ccc(-c3ccnc(Nc4ccnn4C)c3)nc2C1=O. The first kappa shape index (κ1) is 17.7. The number of carbonyl (C=O) groups is 2. The number of rotatable bonds is 5. The van der Waals surface area contributed by atoms with E-state index in [2.05, 4.69) is 20.4 Å².